The van der Waals surface area contributed by atoms with Gasteiger partial charge in [0.15, 0.2) is 0 Å². The third kappa shape index (κ3) is 5.22. The van der Waals surface area contributed by atoms with Crippen LogP contribution in [0.4, 0.5) is 0 Å². The van der Waals surface area contributed by atoms with E-state index in [9.17, 15) is 0 Å². The summed E-state index contributed by atoms with van der Waals surface area (Å²) in [6.45, 7) is 13.1. The van der Waals surface area contributed by atoms with E-state index in [-0.39, 0.29) is 0 Å². The average Bonchev–Trinajstić information content (AvgIpc) is 2.66. The Kier molecular flexibility index (Phi) is 6.25. The molecule has 2 aromatic carbocycles. The first kappa shape index (κ1) is 20.0. The van der Waals surface area contributed by atoms with Gasteiger partial charge in [0.2, 0.25) is 0 Å². The Morgan fingerprint density at radius 3 is 2.59 bits per heavy atom. The Balaban J connectivity index is 1.35. The van der Waals surface area contributed by atoms with Crippen molar-refractivity contribution in [1.82, 2.24) is 10.2 Å². The highest BCUT2D eigenvalue weighted by Gasteiger charge is 2.23. The molecule has 4 rings (SSSR count). The van der Waals surface area contributed by atoms with Gasteiger partial charge in [0.1, 0.15) is 5.75 Å². The molecular formula is C26H34N2O. The third-order valence-corrected chi connectivity index (χ3v) is 6.31. The highest BCUT2D eigenvalue weighted by atomic mass is 16.5. The zero-order valence-electron chi connectivity index (χ0n) is 17.9. The number of rotatable bonds is 8. The maximum atomic E-state index is 6.07. The third-order valence-electron chi connectivity index (χ3n) is 6.31. The number of hydrogen-bond donors (Lipinski definition) is 1. The number of benzene rings is 2. The van der Waals surface area contributed by atoms with Gasteiger partial charge in [-0.2, -0.15) is 0 Å². The summed E-state index contributed by atoms with van der Waals surface area (Å²) < 4.78 is 6.07. The molecule has 0 spiro atoms. The molecule has 0 saturated heterocycles. The second-order valence-electron chi connectivity index (χ2n) is 8.99. The zero-order valence-corrected chi connectivity index (χ0v) is 17.9. The fraction of sp³-hybridized carbons (Fsp3) is 0.462. The average molecular weight is 391 g/mol. The van der Waals surface area contributed by atoms with Crippen molar-refractivity contribution in [3.8, 4) is 5.75 Å². The van der Waals surface area contributed by atoms with E-state index < -0.39 is 0 Å². The van der Waals surface area contributed by atoms with E-state index in [2.05, 4.69) is 66.2 Å². The van der Waals surface area contributed by atoms with Crippen molar-refractivity contribution < 1.29 is 4.74 Å². The molecule has 3 heteroatoms. The van der Waals surface area contributed by atoms with Crippen LogP contribution in [0.1, 0.15) is 61.3 Å². The lowest BCUT2D eigenvalue weighted by molar-refractivity contribution is 0.180. The Labute approximate surface area is 175 Å². The predicted octanol–water partition coefficient (Wildman–Crippen LogP) is 5.61. The van der Waals surface area contributed by atoms with Crippen molar-refractivity contribution in [1.29, 1.82) is 0 Å². The van der Waals surface area contributed by atoms with Gasteiger partial charge >= 0.3 is 0 Å². The van der Waals surface area contributed by atoms with Gasteiger partial charge in [-0.25, -0.2) is 0 Å². The number of fused-ring (bicyclic) bond motifs is 1. The lowest BCUT2D eigenvalue weighted by atomic mass is 9.86. The van der Waals surface area contributed by atoms with Gasteiger partial charge < -0.3 is 10.1 Å². The molecule has 1 N–H and O–H groups in total. The molecule has 1 saturated carbocycles. The van der Waals surface area contributed by atoms with Crippen molar-refractivity contribution >= 4 is 0 Å². The van der Waals surface area contributed by atoms with Gasteiger partial charge in [0, 0.05) is 31.9 Å². The minimum Gasteiger partial charge on any atom is -0.493 e. The molecule has 1 fully saturated rings. The minimum absolute atomic E-state index is 0.532. The summed E-state index contributed by atoms with van der Waals surface area (Å²) in [7, 11) is 0. The number of nitrogens with one attached hydrogen (secondary N) is 1. The van der Waals surface area contributed by atoms with Crippen molar-refractivity contribution in [2.75, 3.05) is 13.2 Å². The second kappa shape index (κ2) is 9.04. The van der Waals surface area contributed by atoms with Crippen LogP contribution in [-0.2, 0) is 19.6 Å². The van der Waals surface area contributed by atoms with Gasteiger partial charge in [0.25, 0.3) is 0 Å². The number of hydrogen-bond acceptors (Lipinski definition) is 3. The number of ether oxygens (including phenoxy) is 1. The Morgan fingerprint density at radius 2 is 1.90 bits per heavy atom. The van der Waals surface area contributed by atoms with E-state index in [0.29, 0.717) is 5.92 Å². The number of allylic oxidation sites excluding steroid dienone is 1. The Hall–Kier alpha value is -2.26. The van der Waals surface area contributed by atoms with Gasteiger partial charge in [-0.15, -0.1) is 0 Å². The van der Waals surface area contributed by atoms with Gasteiger partial charge in [-0.3, -0.25) is 4.90 Å². The van der Waals surface area contributed by atoms with Crippen LogP contribution in [0.3, 0.4) is 0 Å². The quantitative estimate of drug-likeness (QED) is 0.634. The van der Waals surface area contributed by atoms with E-state index in [4.69, 9.17) is 4.74 Å². The van der Waals surface area contributed by atoms with Crippen LogP contribution in [-0.4, -0.2) is 18.1 Å². The van der Waals surface area contributed by atoms with Crippen LogP contribution in [0.2, 0.25) is 0 Å². The van der Waals surface area contributed by atoms with Crippen molar-refractivity contribution in [2.45, 2.75) is 58.7 Å². The minimum atomic E-state index is 0.532. The van der Waals surface area contributed by atoms with Crippen molar-refractivity contribution in [2.24, 2.45) is 5.92 Å². The van der Waals surface area contributed by atoms with Gasteiger partial charge in [0.05, 0.1) is 6.61 Å². The lowest BCUT2D eigenvalue weighted by Crippen LogP contribution is -2.32. The van der Waals surface area contributed by atoms with E-state index in [1.165, 1.54) is 41.5 Å². The molecule has 1 heterocycles. The molecule has 2 aliphatic rings. The van der Waals surface area contributed by atoms with Crippen LogP contribution in [0.25, 0.3) is 0 Å². The summed E-state index contributed by atoms with van der Waals surface area (Å²) in [6.07, 6.45) is 4.04. The van der Waals surface area contributed by atoms with Crippen LogP contribution in [0, 0.1) is 5.92 Å². The summed E-state index contributed by atoms with van der Waals surface area (Å²) >= 11 is 0. The van der Waals surface area contributed by atoms with E-state index in [1.807, 2.05) is 6.92 Å². The highest BCUT2D eigenvalue weighted by Crippen LogP contribution is 2.33. The van der Waals surface area contributed by atoms with Crippen LogP contribution in [0.5, 0.6) is 5.75 Å². The molecule has 154 valence electrons. The summed E-state index contributed by atoms with van der Waals surface area (Å²) in [5.41, 5.74) is 6.59. The molecule has 1 aliphatic carbocycles. The van der Waals surface area contributed by atoms with Crippen molar-refractivity contribution in [3.63, 3.8) is 0 Å². The molecule has 0 radical (unpaired) electrons. The van der Waals surface area contributed by atoms with Gasteiger partial charge in [-0.1, -0.05) is 50.3 Å². The molecule has 1 atom stereocenters. The largest absolute Gasteiger partial charge is 0.493 e. The van der Waals surface area contributed by atoms with Crippen LogP contribution >= 0.6 is 0 Å². The summed E-state index contributed by atoms with van der Waals surface area (Å²) in [4.78, 5) is 2.56. The fourth-order valence-electron chi connectivity index (χ4n) is 4.32. The Morgan fingerprint density at radius 1 is 1.14 bits per heavy atom. The molecule has 29 heavy (non-hydrogen) atoms. The van der Waals surface area contributed by atoms with E-state index in [0.717, 1.165) is 50.2 Å². The SMILES string of the molecule is C=C(C)NCc1ccc(CN2Cc3ccc(OCC4CCC4)cc3C(C)C2)cc1. The maximum absolute atomic E-state index is 6.07. The second-order valence-corrected chi connectivity index (χ2v) is 8.99. The zero-order chi connectivity index (χ0) is 20.2. The normalized spacial score (nSPS) is 19.3. The standard InChI is InChI=1S/C26H34N2O/c1-19(2)27-14-21-7-9-22(10-8-21)16-28-15-20(3)26-13-25(12-11-24(26)17-28)29-18-23-5-4-6-23/h7-13,20,23,27H,1,4-6,14-18H2,2-3H3. The lowest BCUT2D eigenvalue weighted by Gasteiger charge is -2.33. The number of nitrogens with zero attached hydrogens (tertiary/aromatic N) is 1. The molecule has 1 aliphatic heterocycles. The summed E-state index contributed by atoms with van der Waals surface area (Å²) in [5.74, 6) is 2.36. The van der Waals surface area contributed by atoms with Crippen LogP contribution in [0.15, 0.2) is 54.7 Å². The summed E-state index contributed by atoms with van der Waals surface area (Å²) in [6, 6.07) is 15.7. The fourth-order valence-corrected chi connectivity index (χ4v) is 4.32. The molecular weight excluding hydrogens is 356 g/mol. The molecule has 0 aromatic heterocycles. The maximum Gasteiger partial charge on any atom is 0.119 e. The Bertz CT molecular complexity index is 838. The van der Waals surface area contributed by atoms with E-state index in [1.54, 1.807) is 0 Å². The van der Waals surface area contributed by atoms with Gasteiger partial charge in [-0.05, 0) is 66.0 Å². The molecule has 1 unspecified atom stereocenters. The first-order valence-corrected chi connectivity index (χ1v) is 11.0. The monoisotopic (exact) mass is 390 g/mol. The first-order valence-electron chi connectivity index (χ1n) is 11.0. The molecule has 2 aromatic rings. The van der Waals surface area contributed by atoms with E-state index >= 15 is 0 Å². The molecule has 0 amide bonds. The molecule has 3 nitrogen and oxygen atoms in total. The predicted molar refractivity (Wildman–Crippen MR) is 120 cm³/mol. The molecule has 0 bridgehead atoms. The topological polar surface area (TPSA) is 24.5 Å². The highest BCUT2D eigenvalue weighted by molar-refractivity contribution is 5.39. The van der Waals surface area contributed by atoms with Crippen LogP contribution < -0.4 is 10.1 Å². The first-order chi connectivity index (χ1) is 14.1. The van der Waals surface area contributed by atoms with Crippen molar-refractivity contribution in [3.05, 3.63) is 77.0 Å². The smallest absolute Gasteiger partial charge is 0.119 e. The summed E-state index contributed by atoms with van der Waals surface area (Å²) in [5, 5.41) is 3.29.